The lowest BCUT2D eigenvalue weighted by Crippen LogP contribution is -1.99. The third-order valence-electron chi connectivity index (χ3n) is 2.07. The van der Waals surface area contributed by atoms with Crippen molar-refractivity contribution in [3.63, 3.8) is 0 Å². The highest BCUT2D eigenvalue weighted by Crippen LogP contribution is 2.24. The molecule has 2 N–H and O–H groups in total. The largest absolute Gasteiger partial charge is 0.357 e. The zero-order valence-electron chi connectivity index (χ0n) is 9.04. The number of benzene rings is 1. The molecule has 0 radical (unpaired) electrons. The van der Waals surface area contributed by atoms with Crippen LogP contribution in [0, 0.1) is 3.57 Å². The molecule has 0 saturated heterocycles. The number of halogens is 2. The van der Waals surface area contributed by atoms with E-state index < -0.39 is 0 Å². The summed E-state index contributed by atoms with van der Waals surface area (Å²) in [4.78, 5) is 8.35. The van der Waals surface area contributed by atoms with Gasteiger partial charge in [-0.05, 0) is 62.8 Å². The van der Waals surface area contributed by atoms with Gasteiger partial charge in [0.25, 0.3) is 0 Å². The molecule has 2 rings (SSSR count). The number of rotatable bonds is 3. The number of hydrogen-bond donors (Lipinski definition) is 2. The second-order valence-corrected chi connectivity index (χ2v) is 5.29. The van der Waals surface area contributed by atoms with Crippen LogP contribution in [0.25, 0.3) is 0 Å². The molecule has 0 unspecified atom stereocenters. The van der Waals surface area contributed by atoms with Gasteiger partial charge >= 0.3 is 0 Å². The van der Waals surface area contributed by atoms with Crippen molar-refractivity contribution in [2.24, 2.45) is 0 Å². The van der Waals surface area contributed by atoms with Gasteiger partial charge < -0.3 is 10.6 Å². The predicted molar refractivity (Wildman–Crippen MR) is 81.7 cm³/mol. The normalized spacial score (nSPS) is 10.1. The van der Waals surface area contributed by atoms with Crippen LogP contribution in [0.1, 0.15) is 0 Å². The molecule has 0 fully saturated rings. The van der Waals surface area contributed by atoms with Gasteiger partial charge in [0.2, 0.25) is 5.95 Å². The average molecular weight is 405 g/mol. The Balaban J connectivity index is 2.22. The van der Waals surface area contributed by atoms with E-state index in [9.17, 15) is 0 Å². The lowest BCUT2D eigenvalue weighted by molar-refractivity contribution is 1.15. The van der Waals surface area contributed by atoms with Crippen LogP contribution in [0.5, 0.6) is 0 Å². The molecule has 1 aromatic carbocycles. The summed E-state index contributed by atoms with van der Waals surface area (Å²) < 4.78 is 2.23. The summed E-state index contributed by atoms with van der Waals surface area (Å²) in [5.41, 5.74) is 0.984. The fourth-order valence-electron chi connectivity index (χ4n) is 1.27. The van der Waals surface area contributed by atoms with Crippen molar-refractivity contribution in [3.8, 4) is 0 Å². The summed E-state index contributed by atoms with van der Waals surface area (Å²) in [7, 11) is 1.79. The van der Waals surface area contributed by atoms with E-state index in [1.165, 1.54) is 3.57 Å². The Morgan fingerprint density at radius 3 is 2.82 bits per heavy atom. The van der Waals surface area contributed by atoms with Crippen molar-refractivity contribution in [1.82, 2.24) is 9.97 Å². The Labute approximate surface area is 122 Å². The average Bonchev–Trinajstić information content (AvgIpc) is 2.34. The molecule has 0 aliphatic heterocycles. The van der Waals surface area contributed by atoms with Crippen LogP contribution in [-0.4, -0.2) is 17.0 Å². The molecule has 88 valence electrons. The zero-order valence-corrected chi connectivity index (χ0v) is 12.8. The van der Waals surface area contributed by atoms with Crippen molar-refractivity contribution in [2.45, 2.75) is 0 Å². The van der Waals surface area contributed by atoms with E-state index in [1.807, 2.05) is 24.3 Å². The number of nitrogens with zero attached hydrogens (tertiary/aromatic N) is 2. The number of anilines is 3. The monoisotopic (exact) mass is 404 g/mol. The first-order valence-electron chi connectivity index (χ1n) is 4.92. The molecule has 17 heavy (non-hydrogen) atoms. The van der Waals surface area contributed by atoms with Gasteiger partial charge in [-0.2, -0.15) is 4.98 Å². The van der Waals surface area contributed by atoms with Crippen LogP contribution in [0.2, 0.25) is 0 Å². The van der Waals surface area contributed by atoms with E-state index in [0.717, 1.165) is 16.0 Å². The van der Waals surface area contributed by atoms with Crippen LogP contribution in [0.4, 0.5) is 17.5 Å². The molecule has 0 aliphatic rings. The maximum absolute atomic E-state index is 4.29. The van der Waals surface area contributed by atoms with Crippen molar-refractivity contribution in [1.29, 1.82) is 0 Å². The molecule has 1 heterocycles. The van der Waals surface area contributed by atoms with Gasteiger partial charge in [-0.3, -0.25) is 0 Å². The Morgan fingerprint density at radius 2 is 2.12 bits per heavy atom. The highest BCUT2D eigenvalue weighted by molar-refractivity contribution is 14.1. The molecule has 6 heteroatoms. The Hall–Kier alpha value is -0.890. The topological polar surface area (TPSA) is 49.8 Å². The zero-order chi connectivity index (χ0) is 12.3. The van der Waals surface area contributed by atoms with Gasteiger partial charge in [0.15, 0.2) is 0 Å². The molecule has 4 nitrogen and oxygen atoms in total. The van der Waals surface area contributed by atoms with Crippen molar-refractivity contribution in [2.75, 3.05) is 17.7 Å². The molecule has 0 spiro atoms. The fraction of sp³-hybridized carbons (Fsp3) is 0.0909. The van der Waals surface area contributed by atoms with E-state index >= 15 is 0 Å². The highest BCUT2D eigenvalue weighted by atomic mass is 127. The van der Waals surface area contributed by atoms with E-state index in [0.29, 0.717) is 5.95 Å². The summed E-state index contributed by atoms with van der Waals surface area (Å²) in [6.45, 7) is 0. The van der Waals surface area contributed by atoms with Gasteiger partial charge in [0, 0.05) is 27.0 Å². The minimum absolute atomic E-state index is 0.597. The first-order valence-corrected chi connectivity index (χ1v) is 6.79. The first kappa shape index (κ1) is 12.6. The third-order valence-corrected chi connectivity index (χ3v) is 4.41. The summed E-state index contributed by atoms with van der Waals surface area (Å²) in [6, 6.07) is 7.89. The molecular weight excluding hydrogens is 395 g/mol. The number of aromatic nitrogens is 2. The fourth-order valence-corrected chi connectivity index (χ4v) is 1.98. The maximum Gasteiger partial charge on any atom is 0.224 e. The summed E-state index contributed by atoms with van der Waals surface area (Å²) >= 11 is 5.77. The van der Waals surface area contributed by atoms with E-state index in [1.54, 1.807) is 13.2 Å². The van der Waals surface area contributed by atoms with Gasteiger partial charge in [-0.1, -0.05) is 0 Å². The van der Waals surface area contributed by atoms with Gasteiger partial charge in [-0.25, -0.2) is 4.98 Å². The number of hydrogen-bond acceptors (Lipinski definition) is 4. The predicted octanol–water partition coefficient (Wildman–Crippen LogP) is 3.63. The van der Waals surface area contributed by atoms with Crippen molar-refractivity contribution >= 4 is 56.0 Å². The second-order valence-electron chi connectivity index (χ2n) is 3.27. The van der Waals surface area contributed by atoms with Crippen LogP contribution in [0.15, 0.2) is 34.9 Å². The van der Waals surface area contributed by atoms with Crippen molar-refractivity contribution in [3.05, 3.63) is 38.5 Å². The third kappa shape index (κ3) is 3.29. The number of nitrogens with one attached hydrogen (secondary N) is 2. The van der Waals surface area contributed by atoms with E-state index in [4.69, 9.17) is 0 Å². The quantitative estimate of drug-likeness (QED) is 0.767. The minimum atomic E-state index is 0.597. The molecule has 1 aromatic heterocycles. The molecular formula is C11H10BrIN4. The maximum atomic E-state index is 4.29. The van der Waals surface area contributed by atoms with Crippen LogP contribution >= 0.6 is 38.5 Å². The molecule has 0 aliphatic carbocycles. The van der Waals surface area contributed by atoms with Crippen LogP contribution in [0.3, 0.4) is 0 Å². The molecule has 2 aromatic rings. The Bertz CT molecular complexity index is 533. The lowest BCUT2D eigenvalue weighted by Gasteiger charge is -2.07. The van der Waals surface area contributed by atoms with Crippen LogP contribution < -0.4 is 10.6 Å². The second kappa shape index (κ2) is 5.63. The van der Waals surface area contributed by atoms with E-state index in [-0.39, 0.29) is 0 Å². The van der Waals surface area contributed by atoms with Gasteiger partial charge in [0.05, 0.1) is 0 Å². The summed E-state index contributed by atoms with van der Waals surface area (Å²) in [6.07, 6.45) is 1.71. The summed E-state index contributed by atoms with van der Waals surface area (Å²) in [5.74, 6) is 1.36. The SMILES string of the molecule is CNc1nccc(Nc2ccc(I)c(Br)c2)n1. The first-order chi connectivity index (χ1) is 8.19. The Kier molecular flexibility index (Phi) is 4.16. The molecule has 0 atom stereocenters. The molecule has 0 amide bonds. The molecule has 0 saturated carbocycles. The van der Waals surface area contributed by atoms with Crippen LogP contribution in [-0.2, 0) is 0 Å². The highest BCUT2D eigenvalue weighted by Gasteiger charge is 2.01. The summed E-state index contributed by atoms with van der Waals surface area (Å²) in [5, 5.41) is 6.12. The standard InChI is InChI=1S/C11H10BrIN4/c1-14-11-15-5-4-10(17-11)16-7-2-3-9(13)8(12)6-7/h2-6H,1H3,(H2,14,15,16,17). The van der Waals surface area contributed by atoms with Gasteiger partial charge in [0.1, 0.15) is 5.82 Å². The Morgan fingerprint density at radius 1 is 1.29 bits per heavy atom. The molecule has 0 bridgehead atoms. The lowest BCUT2D eigenvalue weighted by atomic mass is 10.3. The van der Waals surface area contributed by atoms with Gasteiger partial charge in [-0.15, -0.1) is 0 Å². The van der Waals surface area contributed by atoms with Crippen molar-refractivity contribution < 1.29 is 0 Å². The smallest absolute Gasteiger partial charge is 0.224 e. The minimum Gasteiger partial charge on any atom is -0.357 e. The van der Waals surface area contributed by atoms with E-state index in [2.05, 4.69) is 59.1 Å².